The van der Waals surface area contributed by atoms with Crippen LogP contribution in [0.5, 0.6) is 0 Å². The second-order valence-corrected chi connectivity index (χ2v) is 9.37. The second-order valence-electron chi connectivity index (χ2n) is 8.27. The van der Waals surface area contributed by atoms with Gasteiger partial charge >= 0.3 is 0 Å². The molecule has 0 aliphatic carbocycles. The van der Waals surface area contributed by atoms with E-state index in [0.717, 1.165) is 27.6 Å². The molecule has 1 amide bonds. The van der Waals surface area contributed by atoms with Crippen LogP contribution in [0.3, 0.4) is 0 Å². The van der Waals surface area contributed by atoms with Crippen LogP contribution in [0, 0.1) is 29.9 Å². The van der Waals surface area contributed by atoms with Crippen molar-refractivity contribution < 1.29 is 13.6 Å². The average Bonchev–Trinajstić information content (AvgIpc) is 3.04. The summed E-state index contributed by atoms with van der Waals surface area (Å²) in [5.41, 5.74) is 3.96. The van der Waals surface area contributed by atoms with Crippen LogP contribution in [0.25, 0.3) is 0 Å². The highest BCUT2D eigenvalue weighted by atomic mass is 32.1. The number of carbonyl (C=O) groups excluding carboxylic acids is 1. The molecule has 164 valence electrons. The molecular formula is C25H23F2N3OS. The van der Waals surface area contributed by atoms with Gasteiger partial charge in [-0.2, -0.15) is 5.26 Å². The Hall–Kier alpha value is -3.08. The summed E-state index contributed by atoms with van der Waals surface area (Å²) in [5.74, 6) is -1.36. The number of halogens is 2. The van der Waals surface area contributed by atoms with Gasteiger partial charge in [-0.15, -0.1) is 11.3 Å². The fourth-order valence-corrected chi connectivity index (χ4v) is 5.31. The zero-order valence-electron chi connectivity index (χ0n) is 17.9. The lowest BCUT2D eigenvalue weighted by molar-refractivity contribution is -0.115. The molecule has 0 saturated heterocycles. The maximum atomic E-state index is 13.6. The Kier molecular flexibility index (Phi) is 6.35. The normalized spacial score (nSPS) is 15.8. The molecule has 0 spiro atoms. The van der Waals surface area contributed by atoms with Gasteiger partial charge in [-0.05, 0) is 43.5 Å². The molecule has 1 unspecified atom stereocenters. The molecule has 2 heterocycles. The Morgan fingerprint density at radius 2 is 1.88 bits per heavy atom. The fraction of sp³-hybridized carbons (Fsp3) is 0.280. The number of nitrogens with zero attached hydrogens (tertiary/aromatic N) is 2. The lowest BCUT2D eigenvalue weighted by Crippen LogP contribution is -2.37. The first kappa shape index (κ1) is 22.1. The van der Waals surface area contributed by atoms with E-state index in [2.05, 4.69) is 23.2 Å². The topological polar surface area (TPSA) is 56.1 Å². The van der Waals surface area contributed by atoms with E-state index >= 15 is 0 Å². The minimum absolute atomic E-state index is 0.134. The van der Waals surface area contributed by atoms with Gasteiger partial charge in [0.05, 0.1) is 12.0 Å². The lowest BCUT2D eigenvalue weighted by atomic mass is 9.99. The zero-order chi connectivity index (χ0) is 22.8. The minimum Gasteiger partial charge on any atom is -0.316 e. The summed E-state index contributed by atoms with van der Waals surface area (Å²) in [5, 5.41) is 13.3. The van der Waals surface area contributed by atoms with Crippen LogP contribution in [0.1, 0.15) is 39.6 Å². The molecule has 0 radical (unpaired) electrons. The molecule has 0 saturated carbocycles. The first-order valence-corrected chi connectivity index (χ1v) is 11.2. The van der Waals surface area contributed by atoms with E-state index in [-0.39, 0.29) is 18.4 Å². The Bertz CT molecular complexity index is 1180. The highest BCUT2D eigenvalue weighted by Gasteiger charge is 2.29. The van der Waals surface area contributed by atoms with Gasteiger partial charge in [0.2, 0.25) is 5.91 Å². The van der Waals surface area contributed by atoms with Crippen molar-refractivity contribution >= 4 is 22.2 Å². The summed E-state index contributed by atoms with van der Waals surface area (Å²) < 4.78 is 27.2. The molecule has 4 rings (SSSR count). The van der Waals surface area contributed by atoms with Gasteiger partial charge < -0.3 is 5.32 Å². The van der Waals surface area contributed by atoms with Crippen molar-refractivity contribution in [3.63, 3.8) is 0 Å². The molecule has 1 N–H and O–H groups in total. The summed E-state index contributed by atoms with van der Waals surface area (Å²) in [6.07, 6.45) is 0.946. The number of nitriles is 1. The summed E-state index contributed by atoms with van der Waals surface area (Å²) in [4.78, 5) is 15.8. The number of rotatable bonds is 5. The number of aryl methyl sites for hydroxylation is 1. The molecule has 1 aromatic heterocycles. The molecule has 32 heavy (non-hydrogen) atoms. The quantitative estimate of drug-likeness (QED) is 0.570. The number of benzene rings is 2. The summed E-state index contributed by atoms with van der Waals surface area (Å²) >= 11 is 1.44. The Morgan fingerprint density at radius 1 is 1.19 bits per heavy atom. The van der Waals surface area contributed by atoms with Crippen molar-refractivity contribution in [1.29, 1.82) is 5.26 Å². The molecule has 1 aliphatic rings. The van der Waals surface area contributed by atoms with E-state index in [1.807, 2.05) is 31.2 Å². The van der Waals surface area contributed by atoms with Gasteiger partial charge in [0.25, 0.3) is 0 Å². The van der Waals surface area contributed by atoms with Crippen LogP contribution in [-0.2, 0) is 30.7 Å². The SMILES string of the molecule is Cc1ccc(CC(=O)Nc2sc3c(c2C#N)CN(Cc2cc(F)cc(F)c2)C(C)C3)cc1. The van der Waals surface area contributed by atoms with Crippen molar-refractivity contribution in [2.75, 3.05) is 5.32 Å². The molecule has 7 heteroatoms. The maximum absolute atomic E-state index is 13.6. The number of hydrogen-bond donors (Lipinski definition) is 1. The number of nitrogens with one attached hydrogen (secondary N) is 1. The number of hydrogen-bond acceptors (Lipinski definition) is 4. The van der Waals surface area contributed by atoms with Crippen LogP contribution >= 0.6 is 11.3 Å². The van der Waals surface area contributed by atoms with Crippen molar-refractivity contribution in [2.45, 2.75) is 45.8 Å². The van der Waals surface area contributed by atoms with Gasteiger partial charge in [-0.3, -0.25) is 9.69 Å². The van der Waals surface area contributed by atoms with E-state index in [4.69, 9.17) is 0 Å². The Labute approximate surface area is 190 Å². The van der Waals surface area contributed by atoms with E-state index < -0.39 is 11.6 Å². The van der Waals surface area contributed by atoms with E-state index in [1.165, 1.54) is 23.5 Å². The molecule has 1 atom stereocenters. The largest absolute Gasteiger partial charge is 0.316 e. The molecule has 0 fully saturated rings. The smallest absolute Gasteiger partial charge is 0.229 e. The van der Waals surface area contributed by atoms with Crippen molar-refractivity contribution in [3.8, 4) is 6.07 Å². The predicted octanol–water partition coefficient (Wildman–Crippen LogP) is 5.33. The van der Waals surface area contributed by atoms with E-state index in [9.17, 15) is 18.8 Å². The number of fused-ring (bicyclic) bond motifs is 1. The van der Waals surface area contributed by atoms with Gasteiger partial charge in [-0.25, -0.2) is 8.78 Å². The molecule has 0 bridgehead atoms. The Morgan fingerprint density at radius 3 is 2.53 bits per heavy atom. The van der Waals surface area contributed by atoms with Crippen molar-refractivity contribution in [3.05, 3.63) is 86.8 Å². The predicted molar refractivity (Wildman–Crippen MR) is 121 cm³/mol. The van der Waals surface area contributed by atoms with Crippen molar-refractivity contribution in [1.82, 2.24) is 4.90 Å². The van der Waals surface area contributed by atoms with Gasteiger partial charge in [0.15, 0.2) is 0 Å². The number of thiophene rings is 1. The summed E-state index contributed by atoms with van der Waals surface area (Å²) in [6, 6.07) is 13.7. The molecule has 2 aromatic carbocycles. The van der Waals surface area contributed by atoms with Crippen LogP contribution in [0.2, 0.25) is 0 Å². The number of carbonyl (C=O) groups is 1. The third-order valence-corrected chi connectivity index (χ3v) is 6.88. The summed E-state index contributed by atoms with van der Waals surface area (Å²) in [6.45, 7) is 4.92. The van der Waals surface area contributed by atoms with Gasteiger partial charge in [0.1, 0.15) is 22.7 Å². The molecule has 3 aromatic rings. The average molecular weight is 452 g/mol. The van der Waals surface area contributed by atoms with E-state index in [1.54, 1.807) is 0 Å². The Balaban J connectivity index is 1.51. The fourth-order valence-electron chi connectivity index (χ4n) is 4.02. The second kappa shape index (κ2) is 9.19. The molecule has 4 nitrogen and oxygen atoms in total. The molecular weight excluding hydrogens is 428 g/mol. The van der Waals surface area contributed by atoms with Crippen molar-refractivity contribution in [2.24, 2.45) is 0 Å². The number of amides is 1. The van der Waals surface area contributed by atoms with Crippen LogP contribution < -0.4 is 5.32 Å². The van der Waals surface area contributed by atoms with Crippen LogP contribution in [-0.4, -0.2) is 16.8 Å². The highest BCUT2D eigenvalue weighted by Crippen LogP contribution is 2.38. The number of anilines is 1. The first-order valence-electron chi connectivity index (χ1n) is 10.4. The standard InChI is InChI=1S/C25H23F2N3OS/c1-15-3-5-17(6-4-15)10-24(31)29-25-21(12-28)22-14-30(16(2)7-23(22)32-25)13-18-8-19(26)11-20(27)9-18/h3-6,8-9,11,16H,7,10,13-14H2,1-2H3,(H,29,31). The zero-order valence-corrected chi connectivity index (χ0v) is 18.7. The molecule has 1 aliphatic heterocycles. The minimum atomic E-state index is -0.600. The third-order valence-electron chi connectivity index (χ3n) is 5.71. The summed E-state index contributed by atoms with van der Waals surface area (Å²) in [7, 11) is 0. The van der Waals surface area contributed by atoms with Crippen LogP contribution in [0.15, 0.2) is 42.5 Å². The monoisotopic (exact) mass is 451 g/mol. The first-order chi connectivity index (χ1) is 15.3. The van der Waals surface area contributed by atoms with Crippen LogP contribution in [0.4, 0.5) is 13.8 Å². The maximum Gasteiger partial charge on any atom is 0.229 e. The van der Waals surface area contributed by atoms with Gasteiger partial charge in [0, 0.05) is 35.6 Å². The highest BCUT2D eigenvalue weighted by molar-refractivity contribution is 7.16. The van der Waals surface area contributed by atoms with Gasteiger partial charge in [-0.1, -0.05) is 29.8 Å². The third kappa shape index (κ3) is 4.87. The van der Waals surface area contributed by atoms with E-state index in [0.29, 0.717) is 35.6 Å². The lowest BCUT2D eigenvalue weighted by Gasteiger charge is -2.33.